The predicted molar refractivity (Wildman–Crippen MR) is 101 cm³/mol. The number of thioether (sulfide) groups is 1. The zero-order valence-electron chi connectivity index (χ0n) is 14.5. The van der Waals surface area contributed by atoms with Crippen LogP contribution in [-0.4, -0.2) is 6.61 Å². The largest absolute Gasteiger partial charge is 0.494 e. The second kappa shape index (κ2) is 7.61. The van der Waals surface area contributed by atoms with E-state index in [1.165, 1.54) is 60.1 Å². The van der Waals surface area contributed by atoms with Crippen molar-refractivity contribution in [2.45, 2.75) is 63.7 Å². The Kier molecular flexibility index (Phi) is 5.53. The number of fused-ring (bicyclic) bond motifs is 1. The Balaban J connectivity index is 1.74. The zero-order chi connectivity index (χ0) is 16.2. The van der Waals surface area contributed by atoms with Gasteiger partial charge in [0.25, 0.3) is 0 Å². The SMILES string of the molecule is C=C1C2=C(CC(CC)CC2)Sc2cc(OCCCCC)ccc21. The van der Waals surface area contributed by atoms with E-state index in [0.717, 1.165) is 24.7 Å². The number of rotatable bonds is 6. The van der Waals surface area contributed by atoms with Gasteiger partial charge in [0.2, 0.25) is 0 Å². The fourth-order valence-electron chi connectivity index (χ4n) is 3.51. The third-order valence-corrected chi connectivity index (χ3v) is 6.30. The summed E-state index contributed by atoms with van der Waals surface area (Å²) >= 11 is 1.96. The molecule has 1 aromatic rings. The van der Waals surface area contributed by atoms with Crippen molar-refractivity contribution in [1.82, 2.24) is 0 Å². The van der Waals surface area contributed by atoms with Crippen molar-refractivity contribution in [3.8, 4) is 5.75 Å². The first-order valence-electron chi connectivity index (χ1n) is 9.09. The topological polar surface area (TPSA) is 9.23 Å². The molecule has 0 saturated heterocycles. The van der Waals surface area contributed by atoms with E-state index in [4.69, 9.17) is 4.74 Å². The van der Waals surface area contributed by atoms with Gasteiger partial charge in [-0.2, -0.15) is 0 Å². The van der Waals surface area contributed by atoms with Gasteiger partial charge in [-0.25, -0.2) is 0 Å². The van der Waals surface area contributed by atoms with Gasteiger partial charge in [0, 0.05) is 4.90 Å². The Morgan fingerprint density at radius 1 is 1.26 bits per heavy atom. The molecule has 2 heteroatoms. The molecule has 0 fully saturated rings. The van der Waals surface area contributed by atoms with Crippen LogP contribution in [0.4, 0.5) is 0 Å². The highest BCUT2D eigenvalue weighted by Crippen LogP contribution is 2.51. The molecule has 3 rings (SSSR count). The lowest BCUT2D eigenvalue weighted by Gasteiger charge is -2.32. The van der Waals surface area contributed by atoms with E-state index >= 15 is 0 Å². The van der Waals surface area contributed by atoms with Crippen molar-refractivity contribution in [2.24, 2.45) is 5.92 Å². The van der Waals surface area contributed by atoms with E-state index in [0.29, 0.717) is 0 Å². The summed E-state index contributed by atoms with van der Waals surface area (Å²) in [6.07, 6.45) is 8.66. The van der Waals surface area contributed by atoms with Crippen LogP contribution >= 0.6 is 11.8 Å². The Morgan fingerprint density at radius 2 is 2.13 bits per heavy atom. The van der Waals surface area contributed by atoms with Crippen LogP contribution in [0.3, 0.4) is 0 Å². The molecule has 23 heavy (non-hydrogen) atoms. The van der Waals surface area contributed by atoms with Crippen LogP contribution in [0, 0.1) is 5.92 Å². The van der Waals surface area contributed by atoms with Gasteiger partial charge in [-0.3, -0.25) is 0 Å². The first kappa shape index (κ1) is 16.7. The van der Waals surface area contributed by atoms with Crippen LogP contribution < -0.4 is 4.74 Å². The van der Waals surface area contributed by atoms with E-state index < -0.39 is 0 Å². The average Bonchev–Trinajstić information content (AvgIpc) is 2.58. The molecular weight excluding hydrogens is 300 g/mol. The molecule has 0 amide bonds. The molecule has 1 atom stereocenters. The second-order valence-electron chi connectivity index (χ2n) is 6.71. The Bertz CT molecular complexity index is 614. The molecule has 1 aromatic carbocycles. The van der Waals surface area contributed by atoms with Crippen molar-refractivity contribution in [2.75, 3.05) is 6.61 Å². The van der Waals surface area contributed by atoms with Gasteiger partial charge in [0.1, 0.15) is 5.75 Å². The maximum Gasteiger partial charge on any atom is 0.120 e. The van der Waals surface area contributed by atoms with Gasteiger partial charge in [0.05, 0.1) is 6.61 Å². The van der Waals surface area contributed by atoms with Crippen LogP contribution in [0.25, 0.3) is 5.57 Å². The van der Waals surface area contributed by atoms with Crippen molar-refractivity contribution >= 4 is 17.3 Å². The second-order valence-corrected chi connectivity index (χ2v) is 7.85. The lowest BCUT2D eigenvalue weighted by molar-refractivity contribution is 0.305. The van der Waals surface area contributed by atoms with Crippen molar-refractivity contribution in [1.29, 1.82) is 0 Å². The third-order valence-electron chi connectivity index (χ3n) is 5.08. The van der Waals surface area contributed by atoms with E-state index in [9.17, 15) is 0 Å². The summed E-state index contributed by atoms with van der Waals surface area (Å²) < 4.78 is 5.93. The fraction of sp³-hybridized carbons (Fsp3) is 0.524. The van der Waals surface area contributed by atoms with Gasteiger partial charge >= 0.3 is 0 Å². The van der Waals surface area contributed by atoms with Crippen LogP contribution in [0.15, 0.2) is 40.2 Å². The highest BCUT2D eigenvalue weighted by molar-refractivity contribution is 8.03. The minimum Gasteiger partial charge on any atom is -0.494 e. The summed E-state index contributed by atoms with van der Waals surface area (Å²) in [7, 11) is 0. The van der Waals surface area contributed by atoms with E-state index in [1.807, 2.05) is 11.8 Å². The number of benzene rings is 1. The first-order valence-corrected chi connectivity index (χ1v) is 9.91. The van der Waals surface area contributed by atoms with Gasteiger partial charge in [-0.1, -0.05) is 51.5 Å². The molecule has 0 spiro atoms. The van der Waals surface area contributed by atoms with Gasteiger partial charge in [-0.05, 0) is 71.4 Å². The number of hydrogen-bond acceptors (Lipinski definition) is 2. The number of unbranched alkanes of at least 4 members (excludes halogenated alkanes) is 2. The molecule has 0 aromatic heterocycles. The van der Waals surface area contributed by atoms with Gasteiger partial charge in [0.15, 0.2) is 0 Å². The van der Waals surface area contributed by atoms with Crippen molar-refractivity contribution in [3.63, 3.8) is 0 Å². The number of ether oxygens (including phenoxy) is 1. The molecule has 1 aliphatic carbocycles. The normalized spacial score (nSPS) is 20.3. The maximum absolute atomic E-state index is 5.93. The quantitative estimate of drug-likeness (QED) is 0.529. The molecule has 0 N–H and O–H groups in total. The van der Waals surface area contributed by atoms with Gasteiger partial charge < -0.3 is 4.74 Å². The standard InChI is InChI=1S/C21H28OS/c1-4-6-7-12-22-17-9-11-19-15(3)18-10-8-16(5-2)13-20(18)23-21(19)14-17/h9,11,14,16H,3-8,10,12-13H2,1-2H3. The molecule has 0 bridgehead atoms. The maximum atomic E-state index is 5.93. The monoisotopic (exact) mass is 328 g/mol. The van der Waals surface area contributed by atoms with Crippen molar-refractivity contribution in [3.05, 3.63) is 40.8 Å². The summed E-state index contributed by atoms with van der Waals surface area (Å²) in [5.74, 6) is 1.86. The summed E-state index contributed by atoms with van der Waals surface area (Å²) in [5.41, 5.74) is 4.08. The smallest absolute Gasteiger partial charge is 0.120 e. The Labute approximate surface area is 145 Å². The summed E-state index contributed by atoms with van der Waals surface area (Å²) in [4.78, 5) is 2.89. The third kappa shape index (κ3) is 3.68. The lowest BCUT2D eigenvalue weighted by atomic mass is 9.83. The highest BCUT2D eigenvalue weighted by atomic mass is 32.2. The molecule has 0 radical (unpaired) electrons. The zero-order valence-corrected chi connectivity index (χ0v) is 15.3. The molecule has 1 unspecified atom stereocenters. The summed E-state index contributed by atoms with van der Waals surface area (Å²) in [6, 6.07) is 6.53. The average molecular weight is 329 g/mol. The van der Waals surface area contributed by atoms with Crippen LogP contribution in [0.1, 0.15) is 64.4 Å². The highest BCUT2D eigenvalue weighted by Gasteiger charge is 2.27. The molecule has 1 nitrogen and oxygen atoms in total. The minimum absolute atomic E-state index is 0.824. The summed E-state index contributed by atoms with van der Waals surface area (Å²) in [6.45, 7) is 9.76. The molecule has 1 heterocycles. The molecule has 124 valence electrons. The van der Waals surface area contributed by atoms with Crippen LogP contribution in [-0.2, 0) is 0 Å². The lowest BCUT2D eigenvalue weighted by Crippen LogP contribution is -2.12. The van der Waals surface area contributed by atoms with Crippen LogP contribution in [0.5, 0.6) is 5.75 Å². The van der Waals surface area contributed by atoms with Gasteiger partial charge in [-0.15, -0.1) is 0 Å². The minimum atomic E-state index is 0.824. The Hall–Kier alpha value is -1.15. The van der Waals surface area contributed by atoms with Crippen molar-refractivity contribution < 1.29 is 4.74 Å². The Morgan fingerprint density at radius 3 is 2.91 bits per heavy atom. The summed E-state index contributed by atoms with van der Waals surface area (Å²) in [5, 5.41) is 0. The van der Waals surface area contributed by atoms with E-state index in [1.54, 1.807) is 4.91 Å². The number of allylic oxidation sites excluding steroid dienone is 3. The van der Waals surface area contributed by atoms with Crippen LogP contribution in [0.2, 0.25) is 0 Å². The molecular formula is C21H28OS. The predicted octanol–water partition coefficient (Wildman–Crippen LogP) is 6.84. The first-order chi connectivity index (χ1) is 11.2. The number of hydrogen-bond donors (Lipinski definition) is 0. The fourth-order valence-corrected chi connectivity index (χ4v) is 4.92. The molecule has 1 aliphatic heterocycles. The molecule has 0 saturated carbocycles. The van der Waals surface area contributed by atoms with E-state index in [2.05, 4.69) is 38.6 Å². The van der Waals surface area contributed by atoms with E-state index in [-0.39, 0.29) is 0 Å². The molecule has 2 aliphatic rings.